The second-order valence-corrected chi connectivity index (χ2v) is 6.29. The molecule has 0 bridgehead atoms. The molecule has 0 amide bonds. The van der Waals surface area contributed by atoms with Gasteiger partial charge < -0.3 is 19.8 Å². The Morgan fingerprint density at radius 3 is 2.44 bits per heavy atom. The van der Waals surface area contributed by atoms with Crippen LogP contribution in [0.1, 0.15) is 25.2 Å². The van der Waals surface area contributed by atoms with Gasteiger partial charge in [-0.3, -0.25) is 4.99 Å². The standard InChI is InChI=1S/C19H27N3O2.HI/c1-19(2,15-7-9-16(23-4)10-8-15)14-22-18(20-3)21-12-11-17-6-5-13-24-17;/h5-10,13H,11-12,14H2,1-4H3,(H2,20,21,22);1H. The van der Waals surface area contributed by atoms with E-state index in [0.717, 1.165) is 37.0 Å². The van der Waals surface area contributed by atoms with E-state index in [1.807, 2.05) is 24.3 Å². The highest BCUT2D eigenvalue weighted by molar-refractivity contribution is 14.0. The molecule has 0 fully saturated rings. The number of aliphatic imine (C=N–C) groups is 1. The van der Waals surface area contributed by atoms with E-state index in [-0.39, 0.29) is 29.4 Å². The minimum Gasteiger partial charge on any atom is -0.497 e. The minimum atomic E-state index is -0.0229. The smallest absolute Gasteiger partial charge is 0.191 e. The topological polar surface area (TPSA) is 58.8 Å². The Morgan fingerprint density at radius 2 is 1.88 bits per heavy atom. The molecule has 138 valence electrons. The van der Waals surface area contributed by atoms with Crippen molar-refractivity contribution in [1.29, 1.82) is 0 Å². The van der Waals surface area contributed by atoms with Gasteiger partial charge in [0.1, 0.15) is 11.5 Å². The maximum Gasteiger partial charge on any atom is 0.191 e. The molecule has 1 heterocycles. The second-order valence-electron chi connectivity index (χ2n) is 6.29. The molecule has 0 aliphatic rings. The maximum atomic E-state index is 5.33. The van der Waals surface area contributed by atoms with Gasteiger partial charge in [-0.1, -0.05) is 26.0 Å². The summed E-state index contributed by atoms with van der Waals surface area (Å²) < 4.78 is 10.5. The first-order chi connectivity index (χ1) is 11.5. The van der Waals surface area contributed by atoms with Crippen LogP contribution in [-0.4, -0.2) is 33.2 Å². The zero-order valence-electron chi connectivity index (χ0n) is 15.3. The van der Waals surface area contributed by atoms with Gasteiger partial charge in [-0.2, -0.15) is 0 Å². The summed E-state index contributed by atoms with van der Waals surface area (Å²) in [6.45, 7) is 5.96. The lowest BCUT2D eigenvalue weighted by atomic mass is 9.84. The Bertz CT molecular complexity index is 637. The minimum absolute atomic E-state index is 0. The average Bonchev–Trinajstić information content (AvgIpc) is 3.11. The predicted molar refractivity (Wildman–Crippen MR) is 113 cm³/mol. The number of nitrogens with one attached hydrogen (secondary N) is 2. The molecule has 0 aliphatic carbocycles. The third kappa shape index (κ3) is 6.61. The summed E-state index contributed by atoms with van der Waals surface area (Å²) in [5.74, 6) is 2.64. The number of nitrogens with zero attached hydrogens (tertiary/aromatic N) is 1. The number of hydrogen-bond donors (Lipinski definition) is 2. The molecule has 2 aromatic rings. The van der Waals surface area contributed by atoms with Crippen molar-refractivity contribution in [3.63, 3.8) is 0 Å². The number of halogens is 1. The van der Waals surface area contributed by atoms with Gasteiger partial charge >= 0.3 is 0 Å². The van der Waals surface area contributed by atoms with E-state index in [9.17, 15) is 0 Å². The van der Waals surface area contributed by atoms with Crippen LogP contribution < -0.4 is 15.4 Å². The zero-order chi connectivity index (χ0) is 17.4. The second kappa shape index (κ2) is 10.3. The Labute approximate surface area is 167 Å². The Morgan fingerprint density at radius 1 is 1.16 bits per heavy atom. The van der Waals surface area contributed by atoms with Gasteiger partial charge in [-0.25, -0.2) is 0 Å². The SMILES string of the molecule is CN=C(NCCc1ccco1)NCC(C)(C)c1ccc(OC)cc1.I. The molecule has 0 unspecified atom stereocenters. The molecule has 1 aromatic heterocycles. The summed E-state index contributed by atoms with van der Waals surface area (Å²) in [7, 11) is 3.46. The summed E-state index contributed by atoms with van der Waals surface area (Å²) >= 11 is 0. The molecule has 5 nitrogen and oxygen atoms in total. The van der Waals surface area contributed by atoms with Gasteiger partial charge in [0.15, 0.2) is 5.96 Å². The van der Waals surface area contributed by atoms with Crippen LogP contribution >= 0.6 is 24.0 Å². The number of hydrogen-bond acceptors (Lipinski definition) is 3. The third-order valence-electron chi connectivity index (χ3n) is 4.04. The molecule has 2 N–H and O–H groups in total. The van der Waals surface area contributed by atoms with E-state index in [0.29, 0.717) is 0 Å². The van der Waals surface area contributed by atoms with Gasteiger partial charge in [-0.05, 0) is 29.8 Å². The normalized spacial score (nSPS) is 11.6. The average molecular weight is 457 g/mol. The third-order valence-corrected chi connectivity index (χ3v) is 4.04. The van der Waals surface area contributed by atoms with E-state index in [4.69, 9.17) is 9.15 Å². The predicted octanol–water partition coefficient (Wildman–Crippen LogP) is 3.59. The van der Waals surface area contributed by atoms with Crippen LogP contribution in [0, 0.1) is 0 Å². The molecule has 25 heavy (non-hydrogen) atoms. The largest absolute Gasteiger partial charge is 0.497 e. The summed E-state index contributed by atoms with van der Waals surface area (Å²) in [4.78, 5) is 4.27. The van der Waals surface area contributed by atoms with Crippen LogP contribution in [0.2, 0.25) is 0 Å². The maximum absolute atomic E-state index is 5.33. The van der Waals surface area contributed by atoms with Crippen LogP contribution in [0.25, 0.3) is 0 Å². The number of rotatable bonds is 7. The van der Waals surface area contributed by atoms with E-state index >= 15 is 0 Å². The fourth-order valence-electron chi connectivity index (χ4n) is 2.43. The van der Waals surface area contributed by atoms with Crippen molar-refractivity contribution >= 4 is 29.9 Å². The number of ether oxygens (including phenoxy) is 1. The molecule has 0 saturated heterocycles. The molecule has 1 aromatic carbocycles. The van der Waals surface area contributed by atoms with Crippen molar-refractivity contribution in [3.05, 3.63) is 54.0 Å². The highest BCUT2D eigenvalue weighted by Crippen LogP contribution is 2.24. The monoisotopic (exact) mass is 457 g/mol. The molecule has 0 saturated carbocycles. The van der Waals surface area contributed by atoms with Gasteiger partial charge in [-0.15, -0.1) is 24.0 Å². The van der Waals surface area contributed by atoms with E-state index in [1.54, 1.807) is 20.4 Å². The Balaban J connectivity index is 0.00000312. The number of benzene rings is 1. The number of guanidine groups is 1. The van der Waals surface area contributed by atoms with Gasteiger partial charge in [0, 0.05) is 32.0 Å². The lowest BCUT2D eigenvalue weighted by molar-refractivity contribution is 0.414. The molecule has 0 atom stereocenters. The van der Waals surface area contributed by atoms with Crippen LogP contribution in [0.3, 0.4) is 0 Å². The summed E-state index contributed by atoms with van der Waals surface area (Å²) in [5.41, 5.74) is 1.23. The lowest BCUT2D eigenvalue weighted by Crippen LogP contribution is -2.44. The first kappa shape index (κ1) is 21.3. The van der Waals surface area contributed by atoms with Gasteiger partial charge in [0.05, 0.1) is 13.4 Å². The molecule has 2 rings (SSSR count). The lowest BCUT2D eigenvalue weighted by Gasteiger charge is -2.27. The highest BCUT2D eigenvalue weighted by atomic mass is 127. The Kier molecular flexibility index (Phi) is 8.82. The molecule has 0 spiro atoms. The van der Waals surface area contributed by atoms with Crippen LogP contribution in [0.5, 0.6) is 5.75 Å². The molecule has 0 aliphatic heterocycles. The molecule has 6 heteroatoms. The van der Waals surface area contributed by atoms with Gasteiger partial charge in [0.25, 0.3) is 0 Å². The van der Waals surface area contributed by atoms with Crippen LogP contribution in [-0.2, 0) is 11.8 Å². The van der Waals surface area contributed by atoms with Crippen molar-refractivity contribution in [2.45, 2.75) is 25.7 Å². The zero-order valence-corrected chi connectivity index (χ0v) is 17.7. The molecular formula is C19H28IN3O2. The first-order valence-corrected chi connectivity index (χ1v) is 8.16. The Hall–Kier alpha value is -1.70. The highest BCUT2D eigenvalue weighted by Gasteiger charge is 2.21. The van der Waals surface area contributed by atoms with Gasteiger partial charge in [0.2, 0.25) is 0 Å². The summed E-state index contributed by atoms with van der Waals surface area (Å²) in [5, 5.41) is 6.70. The van der Waals surface area contributed by atoms with Crippen molar-refractivity contribution in [1.82, 2.24) is 10.6 Å². The van der Waals surface area contributed by atoms with E-state index in [2.05, 4.69) is 41.6 Å². The summed E-state index contributed by atoms with van der Waals surface area (Å²) in [6.07, 6.45) is 2.52. The first-order valence-electron chi connectivity index (χ1n) is 8.16. The van der Waals surface area contributed by atoms with E-state index in [1.165, 1.54) is 5.56 Å². The van der Waals surface area contributed by atoms with E-state index < -0.39 is 0 Å². The quantitative estimate of drug-likeness (QED) is 0.379. The number of furan rings is 1. The summed E-state index contributed by atoms with van der Waals surface area (Å²) in [6, 6.07) is 12.1. The van der Waals surface area contributed by atoms with Crippen molar-refractivity contribution < 1.29 is 9.15 Å². The number of methoxy groups -OCH3 is 1. The van der Waals surface area contributed by atoms with Crippen molar-refractivity contribution in [2.75, 3.05) is 27.2 Å². The fraction of sp³-hybridized carbons (Fsp3) is 0.421. The fourth-order valence-corrected chi connectivity index (χ4v) is 2.43. The van der Waals surface area contributed by atoms with Crippen LogP contribution in [0.4, 0.5) is 0 Å². The van der Waals surface area contributed by atoms with Crippen molar-refractivity contribution in [2.24, 2.45) is 4.99 Å². The molecular weight excluding hydrogens is 429 g/mol. The molecule has 0 radical (unpaired) electrons. The van der Waals surface area contributed by atoms with Crippen molar-refractivity contribution in [3.8, 4) is 5.75 Å². The van der Waals surface area contributed by atoms with Crippen LogP contribution in [0.15, 0.2) is 52.1 Å².